The van der Waals surface area contributed by atoms with Crippen LogP contribution in [-0.2, 0) is 0 Å². The zero-order valence-corrected chi connectivity index (χ0v) is 8.92. The molecule has 0 fully saturated rings. The van der Waals surface area contributed by atoms with Crippen LogP contribution in [0.15, 0.2) is 42.5 Å². The van der Waals surface area contributed by atoms with Gasteiger partial charge in [-0.3, -0.25) is 0 Å². The Morgan fingerprint density at radius 2 is 1.73 bits per heavy atom. The first-order valence-corrected chi connectivity index (χ1v) is 5.72. The minimum absolute atomic E-state index is 0.115. The Kier molecular flexibility index (Phi) is 2.01. The summed E-state index contributed by atoms with van der Waals surface area (Å²) in [6.07, 6.45) is 0. The second-order valence-electron chi connectivity index (χ2n) is 3.55. The Balaban J connectivity index is 2.53. The van der Waals surface area contributed by atoms with Gasteiger partial charge in [-0.25, -0.2) is 0 Å². The molecule has 0 saturated heterocycles. The van der Waals surface area contributed by atoms with E-state index in [4.69, 9.17) is 0 Å². The van der Waals surface area contributed by atoms with Gasteiger partial charge in [0.05, 0.1) is 0 Å². The molecule has 2 aromatic carbocycles. The lowest BCUT2D eigenvalue weighted by molar-refractivity contribution is 0.616. The third kappa shape index (κ3) is 1.28. The Morgan fingerprint density at radius 1 is 0.933 bits per heavy atom. The number of hydrogen-bond donors (Lipinski definition) is 1. The van der Waals surface area contributed by atoms with E-state index >= 15 is 0 Å². The maximum absolute atomic E-state index is 9.27. The molecule has 72 valence electrons. The van der Waals surface area contributed by atoms with Crippen LogP contribution in [-0.4, -0.2) is 12.5 Å². The van der Waals surface area contributed by atoms with Gasteiger partial charge in [0.2, 0.25) is 0 Å². The van der Waals surface area contributed by atoms with E-state index in [1.165, 1.54) is 20.2 Å². The summed E-state index contributed by atoms with van der Waals surface area (Å²) in [5.41, 5.74) is 1.02. The van der Waals surface area contributed by atoms with Gasteiger partial charge in [0, 0.05) is 14.8 Å². The van der Waals surface area contributed by atoms with Crippen LogP contribution in [0.4, 0.5) is 0 Å². The minimum Gasteiger partial charge on any atom is -0.449 e. The Labute approximate surface area is 92.3 Å². The molecule has 3 heteroatoms. The zero-order valence-electron chi connectivity index (χ0n) is 8.10. The molecular weight excluding hydrogens is 203 g/mol. The molecular formula is C12H9BOS. The van der Waals surface area contributed by atoms with Crippen LogP contribution < -0.4 is 5.46 Å². The lowest BCUT2D eigenvalue weighted by atomic mass is 9.88. The van der Waals surface area contributed by atoms with Crippen molar-refractivity contribution in [2.45, 2.75) is 0 Å². The van der Waals surface area contributed by atoms with Gasteiger partial charge in [0.1, 0.15) is 0 Å². The van der Waals surface area contributed by atoms with Gasteiger partial charge in [0.25, 0.3) is 0 Å². The summed E-state index contributed by atoms with van der Waals surface area (Å²) in [4.78, 5) is 0. The molecule has 3 rings (SSSR count). The van der Waals surface area contributed by atoms with Gasteiger partial charge >= 0.3 is 7.48 Å². The summed E-state index contributed by atoms with van der Waals surface area (Å²) < 4.78 is 2.50. The van der Waals surface area contributed by atoms with E-state index in [1.54, 1.807) is 11.3 Å². The summed E-state index contributed by atoms with van der Waals surface area (Å²) in [5, 5.41) is 11.8. The van der Waals surface area contributed by atoms with Crippen molar-refractivity contribution in [3.8, 4) is 0 Å². The molecule has 0 aliphatic rings. The topological polar surface area (TPSA) is 20.2 Å². The van der Waals surface area contributed by atoms with Crippen LogP contribution in [0.25, 0.3) is 20.2 Å². The number of rotatable bonds is 1. The molecule has 0 amide bonds. The second-order valence-corrected chi connectivity index (χ2v) is 4.60. The Hall–Kier alpha value is -1.32. The Morgan fingerprint density at radius 3 is 2.60 bits per heavy atom. The summed E-state index contributed by atoms with van der Waals surface area (Å²) in [6, 6.07) is 14.5. The molecule has 3 aromatic rings. The number of hydrogen-bond acceptors (Lipinski definition) is 2. The molecule has 1 N–H and O–H groups in total. The quantitative estimate of drug-likeness (QED) is 0.612. The molecule has 1 heterocycles. The lowest BCUT2D eigenvalue weighted by Gasteiger charge is -1.95. The van der Waals surface area contributed by atoms with Gasteiger partial charge in [-0.15, -0.1) is 11.3 Å². The number of fused-ring (bicyclic) bond motifs is 3. The molecule has 0 radical (unpaired) electrons. The van der Waals surface area contributed by atoms with Crippen molar-refractivity contribution in [3.05, 3.63) is 42.5 Å². The average Bonchev–Trinajstić information content (AvgIpc) is 2.67. The van der Waals surface area contributed by atoms with Gasteiger partial charge in [-0.05, 0) is 16.9 Å². The monoisotopic (exact) mass is 212 g/mol. The fourth-order valence-electron chi connectivity index (χ4n) is 1.93. The highest BCUT2D eigenvalue weighted by molar-refractivity contribution is 7.26. The molecule has 0 spiro atoms. The molecule has 15 heavy (non-hydrogen) atoms. The number of benzene rings is 2. The third-order valence-electron chi connectivity index (χ3n) is 2.66. The van der Waals surface area contributed by atoms with E-state index in [0.29, 0.717) is 0 Å². The van der Waals surface area contributed by atoms with Crippen LogP contribution >= 0.6 is 11.3 Å². The fraction of sp³-hybridized carbons (Fsp3) is 0. The molecule has 0 bridgehead atoms. The van der Waals surface area contributed by atoms with Gasteiger partial charge in [-0.1, -0.05) is 36.4 Å². The van der Waals surface area contributed by atoms with Crippen LogP contribution in [0.3, 0.4) is 0 Å². The third-order valence-corrected chi connectivity index (χ3v) is 3.92. The SMILES string of the molecule is OBc1cccc2c1sc1ccccc12. The summed E-state index contributed by atoms with van der Waals surface area (Å²) >= 11 is 1.75. The summed E-state index contributed by atoms with van der Waals surface area (Å²) in [7, 11) is 0.115. The van der Waals surface area contributed by atoms with Crippen molar-refractivity contribution in [2.75, 3.05) is 0 Å². The molecule has 0 saturated carbocycles. The van der Waals surface area contributed by atoms with Crippen molar-refractivity contribution in [1.29, 1.82) is 0 Å². The summed E-state index contributed by atoms with van der Waals surface area (Å²) in [6.45, 7) is 0. The highest BCUT2D eigenvalue weighted by Crippen LogP contribution is 2.31. The molecule has 1 aromatic heterocycles. The van der Waals surface area contributed by atoms with E-state index in [1.807, 2.05) is 12.1 Å². The molecule has 0 atom stereocenters. The maximum atomic E-state index is 9.27. The van der Waals surface area contributed by atoms with Crippen molar-refractivity contribution >= 4 is 44.5 Å². The van der Waals surface area contributed by atoms with E-state index in [-0.39, 0.29) is 7.48 Å². The van der Waals surface area contributed by atoms with Crippen LogP contribution in [0.5, 0.6) is 0 Å². The standard InChI is InChI=1S/C12H9BOS/c14-13-10-6-3-5-9-8-4-1-2-7-11(8)15-12(9)10/h1-7,13-14H. The predicted octanol–water partition coefficient (Wildman–Crippen LogP) is 2.02. The maximum Gasteiger partial charge on any atom is 0.306 e. The van der Waals surface area contributed by atoms with Gasteiger partial charge < -0.3 is 5.02 Å². The lowest BCUT2D eigenvalue weighted by Crippen LogP contribution is -2.12. The molecule has 0 unspecified atom stereocenters. The highest BCUT2D eigenvalue weighted by atomic mass is 32.1. The van der Waals surface area contributed by atoms with Crippen molar-refractivity contribution in [3.63, 3.8) is 0 Å². The first kappa shape index (κ1) is 8.95. The van der Waals surface area contributed by atoms with Crippen molar-refractivity contribution in [1.82, 2.24) is 0 Å². The van der Waals surface area contributed by atoms with E-state index in [0.717, 1.165) is 5.46 Å². The van der Waals surface area contributed by atoms with Crippen molar-refractivity contribution in [2.24, 2.45) is 0 Å². The number of thiophene rings is 1. The van der Waals surface area contributed by atoms with E-state index in [9.17, 15) is 5.02 Å². The molecule has 0 aliphatic heterocycles. The van der Waals surface area contributed by atoms with Crippen LogP contribution in [0.2, 0.25) is 0 Å². The first-order valence-electron chi connectivity index (χ1n) is 4.90. The van der Waals surface area contributed by atoms with Crippen LogP contribution in [0.1, 0.15) is 0 Å². The second kappa shape index (κ2) is 3.37. The highest BCUT2D eigenvalue weighted by Gasteiger charge is 2.07. The zero-order chi connectivity index (χ0) is 10.3. The normalized spacial score (nSPS) is 11.0. The Bertz CT molecular complexity index is 630. The average molecular weight is 212 g/mol. The first-order chi connectivity index (χ1) is 7.40. The molecule has 1 nitrogen and oxygen atoms in total. The minimum atomic E-state index is 0.115. The van der Waals surface area contributed by atoms with Crippen LogP contribution in [0, 0.1) is 0 Å². The smallest absolute Gasteiger partial charge is 0.306 e. The van der Waals surface area contributed by atoms with E-state index in [2.05, 4.69) is 30.3 Å². The summed E-state index contributed by atoms with van der Waals surface area (Å²) in [5.74, 6) is 0. The van der Waals surface area contributed by atoms with E-state index < -0.39 is 0 Å². The largest absolute Gasteiger partial charge is 0.449 e. The van der Waals surface area contributed by atoms with Crippen molar-refractivity contribution < 1.29 is 5.02 Å². The molecule has 0 aliphatic carbocycles. The van der Waals surface area contributed by atoms with Gasteiger partial charge in [0.15, 0.2) is 0 Å². The predicted molar refractivity (Wildman–Crippen MR) is 68.3 cm³/mol. The van der Waals surface area contributed by atoms with Gasteiger partial charge in [-0.2, -0.15) is 0 Å². The fourth-order valence-corrected chi connectivity index (χ4v) is 3.14.